The molecule has 0 aliphatic heterocycles. The molecule has 0 spiro atoms. The van der Waals surface area contributed by atoms with Crippen molar-refractivity contribution < 1.29 is 9.90 Å². The Morgan fingerprint density at radius 2 is 1.84 bits per heavy atom. The van der Waals surface area contributed by atoms with Crippen LogP contribution in [0.25, 0.3) is 0 Å². The van der Waals surface area contributed by atoms with Crippen LogP contribution in [0.15, 0.2) is 0 Å². The summed E-state index contributed by atoms with van der Waals surface area (Å²) in [6.45, 7) is 7.60. The zero-order chi connectivity index (χ0) is 14.0. The van der Waals surface area contributed by atoms with Crippen molar-refractivity contribution in [3.8, 4) is 0 Å². The molecule has 3 heteroatoms. The molecule has 0 amide bonds. The van der Waals surface area contributed by atoms with Gasteiger partial charge in [0, 0.05) is 6.04 Å². The predicted octanol–water partition coefficient (Wildman–Crippen LogP) is 3.29. The molecule has 0 heterocycles. The first-order valence-electron chi connectivity index (χ1n) is 7.89. The predicted molar refractivity (Wildman–Crippen MR) is 77.1 cm³/mol. The summed E-state index contributed by atoms with van der Waals surface area (Å²) in [6, 6.07) is 0.492. The van der Waals surface area contributed by atoms with Gasteiger partial charge in [-0.05, 0) is 49.5 Å². The zero-order valence-corrected chi connectivity index (χ0v) is 12.6. The van der Waals surface area contributed by atoms with Gasteiger partial charge in [-0.15, -0.1) is 0 Å². The van der Waals surface area contributed by atoms with Gasteiger partial charge in [-0.1, -0.05) is 33.6 Å². The van der Waals surface area contributed by atoms with Crippen molar-refractivity contribution in [3.05, 3.63) is 0 Å². The number of carbonyl (C=O) groups is 1. The average Bonchev–Trinajstić information content (AvgIpc) is 2.83. The Morgan fingerprint density at radius 1 is 1.21 bits per heavy atom. The standard InChI is InChI=1S/C16H29NO2/c1-11-14(17-10-12-6-4-5-7-12)9-8-13(15(18)19)16(11,2)3/h11-14,17H,4-10H2,1-3H3,(H,18,19). The monoisotopic (exact) mass is 267 g/mol. The van der Waals surface area contributed by atoms with Gasteiger partial charge in [-0.25, -0.2) is 0 Å². The van der Waals surface area contributed by atoms with Gasteiger partial charge in [-0.3, -0.25) is 4.79 Å². The third-order valence-corrected chi connectivity index (χ3v) is 5.88. The van der Waals surface area contributed by atoms with Crippen molar-refractivity contribution in [3.63, 3.8) is 0 Å². The van der Waals surface area contributed by atoms with Crippen LogP contribution in [0.5, 0.6) is 0 Å². The average molecular weight is 267 g/mol. The minimum Gasteiger partial charge on any atom is -0.481 e. The molecule has 110 valence electrons. The molecule has 3 atom stereocenters. The highest BCUT2D eigenvalue weighted by atomic mass is 16.4. The van der Waals surface area contributed by atoms with Gasteiger partial charge in [-0.2, -0.15) is 0 Å². The van der Waals surface area contributed by atoms with E-state index in [1.807, 2.05) is 0 Å². The molecule has 2 rings (SSSR count). The summed E-state index contributed by atoms with van der Waals surface area (Å²) in [6.07, 6.45) is 7.34. The van der Waals surface area contributed by atoms with E-state index < -0.39 is 5.97 Å². The largest absolute Gasteiger partial charge is 0.481 e. The van der Waals surface area contributed by atoms with Crippen molar-refractivity contribution in [1.29, 1.82) is 0 Å². The summed E-state index contributed by atoms with van der Waals surface area (Å²) in [7, 11) is 0. The second-order valence-electron chi connectivity index (χ2n) is 7.24. The Balaban J connectivity index is 1.91. The van der Waals surface area contributed by atoms with Crippen molar-refractivity contribution in [2.75, 3.05) is 6.54 Å². The maximum Gasteiger partial charge on any atom is 0.307 e. The Morgan fingerprint density at radius 3 is 2.42 bits per heavy atom. The van der Waals surface area contributed by atoms with Crippen molar-refractivity contribution in [1.82, 2.24) is 5.32 Å². The molecule has 0 aromatic carbocycles. The molecule has 3 nitrogen and oxygen atoms in total. The van der Waals surface area contributed by atoms with E-state index in [1.165, 1.54) is 25.7 Å². The summed E-state index contributed by atoms with van der Waals surface area (Å²) in [5.74, 6) is 0.467. The molecular formula is C16H29NO2. The molecule has 0 bridgehead atoms. The second-order valence-corrected chi connectivity index (χ2v) is 7.24. The van der Waals surface area contributed by atoms with E-state index in [2.05, 4.69) is 26.1 Å². The van der Waals surface area contributed by atoms with Gasteiger partial charge < -0.3 is 10.4 Å². The minimum absolute atomic E-state index is 0.114. The lowest BCUT2D eigenvalue weighted by Gasteiger charge is -2.46. The maximum absolute atomic E-state index is 11.4. The van der Waals surface area contributed by atoms with E-state index in [0.29, 0.717) is 12.0 Å². The fraction of sp³-hybridized carbons (Fsp3) is 0.938. The first kappa shape index (κ1) is 14.8. The molecule has 2 N–H and O–H groups in total. The SMILES string of the molecule is CC1C(NCC2CCCC2)CCC(C(=O)O)C1(C)C. The van der Waals surface area contributed by atoms with Crippen LogP contribution in [0.4, 0.5) is 0 Å². The van der Waals surface area contributed by atoms with E-state index >= 15 is 0 Å². The summed E-state index contributed by atoms with van der Waals surface area (Å²) in [4.78, 5) is 11.4. The number of nitrogens with one attached hydrogen (secondary N) is 1. The molecule has 0 aromatic rings. The molecule has 0 radical (unpaired) electrons. The minimum atomic E-state index is -0.619. The van der Waals surface area contributed by atoms with Crippen LogP contribution in [0, 0.1) is 23.2 Å². The Labute approximate surface area is 117 Å². The van der Waals surface area contributed by atoms with Gasteiger partial charge in [0.25, 0.3) is 0 Å². The van der Waals surface area contributed by atoms with Crippen LogP contribution in [0.2, 0.25) is 0 Å². The quantitative estimate of drug-likeness (QED) is 0.821. The van der Waals surface area contributed by atoms with Gasteiger partial charge >= 0.3 is 5.97 Å². The second kappa shape index (κ2) is 5.82. The number of carboxylic acids is 1. The van der Waals surface area contributed by atoms with Crippen LogP contribution >= 0.6 is 0 Å². The number of hydrogen-bond donors (Lipinski definition) is 2. The first-order valence-corrected chi connectivity index (χ1v) is 7.89. The highest BCUT2D eigenvalue weighted by Gasteiger charge is 2.46. The lowest BCUT2D eigenvalue weighted by molar-refractivity contribution is -0.150. The highest BCUT2D eigenvalue weighted by molar-refractivity contribution is 5.71. The van der Waals surface area contributed by atoms with E-state index in [-0.39, 0.29) is 11.3 Å². The Hall–Kier alpha value is -0.570. The fourth-order valence-electron chi connectivity index (χ4n) is 4.06. The number of hydrogen-bond acceptors (Lipinski definition) is 2. The molecule has 2 aliphatic rings. The van der Waals surface area contributed by atoms with E-state index in [4.69, 9.17) is 0 Å². The summed E-state index contributed by atoms with van der Waals surface area (Å²) < 4.78 is 0. The van der Waals surface area contributed by atoms with Crippen molar-refractivity contribution >= 4 is 5.97 Å². The smallest absolute Gasteiger partial charge is 0.307 e. The van der Waals surface area contributed by atoms with Crippen molar-refractivity contribution in [2.24, 2.45) is 23.2 Å². The molecule has 3 unspecified atom stereocenters. The van der Waals surface area contributed by atoms with Gasteiger partial charge in [0.05, 0.1) is 5.92 Å². The molecule has 0 aromatic heterocycles. The van der Waals surface area contributed by atoms with Crippen molar-refractivity contribution in [2.45, 2.75) is 65.3 Å². The van der Waals surface area contributed by atoms with Crippen LogP contribution < -0.4 is 5.32 Å². The molecule has 19 heavy (non-hydrogen) atoms. The third kappa shape index (κ3) is 3.13. The van der Waals surface area contributed by atoms with Crippen LogP contribution in [-0.2, 0) is 4.79 Å². The summed E-state index contributed by atoms with van der Waals surface area (Å²) in [5, 5.41) is 13.1. The Bertz CT molecular complexity index is 321. The van der Waals surface area contributed by atoms with Crippen LogP contribution in [-0.4, -0.2) is 23.7 Å². The fourth-order valence-corrected chi connectivity index (χ4v) is 4.06. The van der Waals surface area contributed by atoms with Gasteiger partial charge in [0.1, 0.15) is 0 Å². The van der Waals surface area contributed by atoms with Gasteiger partial charge in [0.15, 0.2) is 0 Å². The maximum atomic E-state index is 11.4. The number of carboxylic acid groups (broad SMARTS) is 1. The molecular weight excluding hydrogens is 238 g/mol. The zero-order valence-electron chi connectivity index (χ0n) is 12.6. The Kier molecular flexibility index (Phi) is 4.54. The van der Waals surface area contributed by atoms with Gasteiger partial charge in [0.2, 0.25) is 0 Å². The lowest BCUT2D eigenvalue weighted by atomic mass is 9.61. The lowest BCUT2D eigenvalue weighted by Crippen LogP contribution is -2.51. The molecule has 0 saturated heterocycles. The van der Waals surface area contributed by atoms with Crippen LogP contribution in [0.3, 0.4) is 0 Å². The number of rotatable bonds is 4. The highest BCUT2D eigenvalue weighted by Crippen LogP contribution is 2.45. The summed E-state index contributed by atoms with van der Waals surface area (Å²) in [5.41, 5.74) is -0.114. The van der Waals surface area contributed by atoms with E-state index in [0.717, 1.165) is 25.3 Å². The topological polar surface area (TPSA) is 49.3 Å². The molecule has 2 fully saturated rings. The number of aliphatic carboxylic acids is 1. The molecule has 2 saturated carbocycles. The van der Waals surface area contributed by atoms with E-state index in [1.54, 1.807) is 0 Å². The summed E-state index contributed by atoms with van der Waals surface area (Å²) >= 11 is 0. The first-order chi connectivity index (χ1) is 8.93. The van der Waals surface area contributed by atoms with Crippen LogP contribution in [0.1, 0.15) is 59.3 Å². The third-order valence-electron chi connectivity index (χ3n) is 5.88. The van der Waals surface area contributed by atoms with E-state index in [9.17, 15) is 9.90 Å². The molecule has 2 aliphatic carbocycles. The normalized spacial score (nSPS) is 35.4.